The number of amides is 1. The Morgan fingerprint density at radius 2 is 1.57 bits per heavy atom. The second-order valence-corrected chi connectivity index (χ2v) is 11.2. The van der Waals surface area contributed by atoms with Gasteiger partial charge in [0, 0.05) is 29.1 Å². The Morgan fingerprint density at radius 1 is 0.886 bits per heavy atom. The molecule has 0 unspecified atom stereocenters. The summed E-state index contributed by atoms with van der Waals surface area (Å²) in [5.74, 6) is -2.28. The van der Waals surface area contributed by atoms with Crippen molar-refractivity contribution in [3.05, 3.63) is 102 Å². The van der Waals surface area contributed by atoms with Gasteiger partial charge in [0.15, 0.2) is 5.78 Å². The second-order valence-electron chi connectivity index (χ2n) is 11.2. The number of benzene rings is 3. The van der Waals surface area contributed by atoms with Crippen molar-refractivity contribution in [1.29, 1.82) is 0 Å². The summed E-state index contributed by atoms with van der Waals surface area (Å²) in [6.07, 6.45) is -2.66. The van der Waals surface area contributed by atoms with E-state index in [1.165, 1.54) is 19.1 Å². The maximum atomic E-state index is 14.2. The highest BCUT2D eigenvalue weighted by atomic mass is 19.1. The molecule has 0 fully saturated rings. The molecule has 1 aromatic heterocycles. The molecule has 4 rings (SSSR count). The van der Waals surface area contributed by atoms with Crippen LogP contribution in [0, 0.1) is 5.82 Å². The predicted molar refractivity (Wildman–Crippen MR) is 167 cm³/mol. The van der Waals surface area contributed by atoms with E-state index < -0.39 is 36.3 Å². The van der Waals surface area contributed by atoms with Crippen LogP contribution in [0.2, 0.25) is 0 Å². The van der Waals surface area contributed by atoms with Crippen molar-refractivity contribution in [2.45, 2.75) is 64.7 Å². The van der Waals surface area contributed by atoms with Gasteiger partial charge >= 0.3 is 5.97 Å². The van der Waals surface area contributed by atoms with Crippen LogP contribution in [0.5, 0.6) is 0 Å². The van der Waals surface area contributed by atoms with Gasteiger partial charge in [-0.15, -0.1) is 0 Å². The van der Waals surface area contributed by atoms with E-state index in [-0.39, 0.29) is 31.1 Å². The lowest BCUT2D eigenvalue weighted by Gasteiger charge is -2.20. The van der Waals surface area contributed by atoms with Crippen LogP contribution >= 0.6 is 0 Å². The zero-order chi connectivity index (χ0) is 32.0. The third kappa shape index (κ3) is 7.67. The van der Waals surface area contributed by atoms with Crippen molar-refractivity contribution in [3.8, 4) is 22.4 Å². The summed E-state index contributed by atoms with van der Waals surface area (Å²) >= 11 is 0. The van der Waals surface area contributed by atoms with Crippen LogP contribution in [-0.4, -0.2) is 49.8 Å². The Balaban J connectivity index is 1.90. The average Bonchev–Trinajstić information content (AvgIpc) is 3.32. The summed E-state index contributed by atoms with van der Waals surface area (Å²) in [4.78, 5) is 37.3. The maximum Gasteiger partial charge on any atom is 0.305 e. The minimum atomic E-state index is -1.21. The molecule has 1 heterocycles. The first-order valence-corrected chi connectivity index (χ1v) is 14.5. The highest BCUT2D eigenvalue weighted by Crippen LogP contribution is 2.42. The molecule has 0 saturated heterocycles. The Kier molecular flexibility index (Phi) is 10.5. The molecule has 3 aromatic carbocycles. The third-order valence-electron chi connectivity index (χ3n) is 7.43. The van der Waals surface area contributed by atoms with Crippen LogP contribution in [0.4, 0.5) is 10.1 Å². The Labute approximate surface area is 255 Å². The van der Waals surface area contributed by atoms with Crippen LogP contribution in [0.15, 0.2) is 78.9 Å². The minimum absolute atomic E-state index is 0.123. The Morgan fingerprint density at radius 3 is 2.18 bits per heavy atom. The van der Waals surface area contributed by atoms with E-state index in [0.717, 1.165) is 5.56 Å². The standard InChI is InChI=1S/C35H37FN2O6/c1-21(2)33-32(35(44)37-27-11-7-10-25(18-27)22(3)39)31(23-8-5-4-6-9-23)34(24-12-14-26(36)15-13-24)38(33)17-16-28(40)19-29(41)20-30(42)43/h4-15,18,21,28-29,40-41H,16-17,19-20H2,1-3H3,(H,37,44)(H,42,43)/t28-,29-/m1/s1. The first-order valence-electron chi connectivity index (χ1n) is 14.5. The largest absolute Gasteiger partial charge is 0.481 e. The fraction of sp³-hybridized carbons (Fsp3) is 0.286. The molecule has 1 amide bonds. The molecule has 0 aliphatic heterocycles. The normalized spacial score (nSPS) is 12.6. The molecule has 0 aliphatic carbocycles. The molecule has 8 nitrogen and oxygen atoms in total. The lowest BCUT2D eigenvalue weighted by atomic mass is 9.94. The van der Waals surface area contributed by atoms with Gasteiger partial charge in [-0.05, 0) is 73.2 Å². The summed E-state index contributed by atoms with van der Waals surface area (Å²) in [5.41, 5.74) is 4.69. The molecule has 0 saturated carbocycles. The van der Waals surface area contributed by atoms with Gasteiger partial charge in [-0.1, -0.05) is 56.3 Å². The van der Waals surface area contributed by atoms with Gasteiger partial charge in [-0.2, -0.15) is 0 Å². The molecule has 230 valence electrons. The summed E-state index contributed by atoms with van der Waals surface area (Å²) in [5, 5.41) is 32.8. The maximum absolute atomic E-state index is 14.2. The van der Waals surface area contributed by atoms with Crippen molar-refractivity contribution in [2.75, 3.05) is 5.32 Å². The van der Waals surface area contributed by atoms with E-state index in [1.54, 1.807) is 36.4 Å². The van der Waals surface area contributed by atoms with Crippen LogP contribution < -0.4 is 5.32 Å². The van der Waals surface area contributed by atoms with Crippen molar-refractivity contribution >= 4 is 23.3 Å². The smallest absolute Gasteiger partial charge is 0.305 e. The number of aromatic nitrogens is 1. The highest BCUT2D eigenvalue weighted by Gasteiger charge is 2.31. The van der Waals surface area contributed by atoms with E-state index in [0.29, 0.717) is 39.3 Å². The van der Waals surface area contributed by atoms with Crippen LogP contribution in [0.3, 0.4) is 0 Å². The zero-order valence-corrected chi connectivity index (χ0v) is 25.0. The number of carbonyl (C=O) groups excluding carboxylic acids is 2. The Bertz CT molecular complexity index is 1630. The van der Waals surface area contributed by atoms with Crippen LogP contribution in [-0.2, 0) is 11.3 Å². The van der Waals surface area contributed by atoms with Gasteiger partial charge in [-0.25, -0.2) is 4.39 Å². The van der Waals surface area contributed by atoms with Gasteiger partial charge < -0.3 is 25.2 Å². The van der Waals surface area contributed by atoms with Gasteiger partial charge in [0.1, 0.15) is 5.82 Å². The molecule has 44 heavy (non-hydrogen) atoms. The summed E-state index contributed by atoms with van der Waals surface area (Å²) in [6, 6.07) is 22.1. The van der Waals surface area contributed by atoms with Gasteiger partial charge in [0.25, 0.3) is 5.91 Å². The first-order chi connectivity index (χ1) is 21.0. The fourth-order valence-electron chi connectivity index (χ4n) is 5.50. The predicted octanol–water partition coefficient (Wildman–Crippen LogP) is 6.52. The lowest BCUT2D eigenvalue weighted by molar-refractivity contribution is -0.139. The quantitative estimate of drug-likeness (QED) is 0.129. The number of aliphatic carboxylic acids is 1. The van der Waals surface area contributed by atoms with Crippen molar-refractivity contribution in [2.24, 2.45) is 0 Å². The van der Waals surface area contributed by atoms with Crippen molar-refractivity contribution < 1.29 is 34.1 Å². The number of carboxylic acid groups (broad SMARTS) is 1. The molecular formula is C35H37FN2O6. The van der Waals surface area contributed by atoms with Crippen LogP contribution in [0.25, 0.3) is 22.4 Å². The first kappa shape index (κ1) is 32.3. The van der Waals surface area contributed by atoms with E-state index in [1.807, 2.05) is 48.7 Å². The number of anilines is 1. The fourth-order valence-corrected chi connectivity index (χ4v) is 5.50. The number of hydrogen-bond donors (Lipinski definition) is 4. The monoisotopic (exact) mass is 600 g/mol. The van der Waals surface area contributed by atoms with E-state index >= 15 is 0 Å². The number of aliphatic hydroxyl groups is 2. The minimum Gasteiger partial charge on any atom is -0.481 e. The van der Waals surface area contributed by atoms with Gasteiger partial charge in [0.05, 0.1) is 29.9 Å². The zero-order valence-electron chi connectivity index (χ0n) is 25.0. The number of Topliss-reactive ketones (excluding diaryl/α,β-unsaturated/α-hetero) is 1. The summed E-state index contributed by atoms with van der Waals surface area (Å²) < 4.78 is 16.0. The number of aliphatic hydroxyl groups excluding tert-OH is 2. The molecule has 4 aromatic rings. The number of rotatable bonds is 13. The highest BCUT2D eigenvalue weighted by molar-refractivity contribution is 6.12. The van der Waals surface area contributed by atoms with Crippen molar-refractivity contribution in [3.63, 3.8) is 0 Å². The summed E-state index contributed by atoms with van der Waals surface area (Å²) in [7, 11) is 0. The van der Waals surface area contributed by atoms with Crippen molar-refractivity contribution in [1.82, 2.24) is 4.57 Å². The second kappa shape index (κ2) is 14.2. The topological polar surface area (TPSA) is 129 Å². The number of hydrogen-bond acceptors (Lipinski definition) is 5. The average molecular weight is 601 g/mol. The molecule has 9 heteroatoms. The number of ketones is 1. The van der Waals surface area contributed by atoms with E-state index in [9.17, 15) is 29.0 Å². The Hall–Kier alpha value is -4.60. The number of nitrogens with zero attached hydrogens (tertiary/aromatic N) is 1. The molecule has 0 aliphatic rings. The number of carboxylic acids is 1. The third-order valence-corrected chi connectivity index (χ3v) is 7.43. The molecule has 4 N–H and O–H groups in total. The molecule has 0 radical (unpaired) electrons. The van der Waals surface area contributed by atoms with Crippen LogP contribution in [0.1, 0.15) is 72.4 Å². The van der Waals surface area contributed by atoms with Gasteiger partial charge in [-0.3, -0.25) is 14.4 Å². The SMILES string of the molecule is CC(=O)c1cccc(NC(=O)c2c(-c3ccccc3)c(-c3ccc(F)cc3)n(CC[C@@H](O)C[C@@H](O)CC(=O)O)c2C(C)C)c1. The van der Waals surface area contributed by atoms with E-state index in [4.69, 9.17) is 5.11 Å². The van der Waals surface area contributed by atoms with E-state index in [2.05, 4.69) is 5.32 Å². The molecule has 0 spiro atoms. The lowest BCUT2D eigenvalue weighted by Crippen LogP contribution is -2.22. The number of halogens is 1. The molecule has 0 bridgehead atoms. The summed E-state index contributed by atoms with van der Waals surface area (Å²) in [6.45, 7) is 5.59. The molecule has 2 atom stereocenters. The number of nitrogens with one attached hydrogen (secondary N) is 1. The molecular weight excluding hydrogens is 563 g/mol. The number of carbonyl (C=O) groups is 3. The van der Waals surface area contributed by atoms with Gasteiger partial charge in [0.2, 0.25) is 0 Å².